The van der Waals surface area contributed by atoms with Gasteiger partial charge in [-0.15, -0.1) is 10.2 Å². The highest BCUT2D eigenvalue weighted by Crippen LogP contribution is 2.12. The van der Waals surface area contributed by atoms with Gasteiger partial charge in [0.25, 0.3) is 5.91 Å². The summed E-state index contributed by atoms with van der Waals surface area (Å²) >= 11 is 0. The minimum atomic E-state index is -0.587. The molecule has 0 saturated carbocycles. The molecule has 0 fully saturated rings. The van der Waals surface area contributed by atoms with E-state index < -0.39 is 5.91 Å². The molecular formula is C15H18N4O2. The van der Waals surface area contributed by atoms with Crippen molar-refractivity contribution in [1.82, 2.24) is 10.2 Å². The minimum absolute atomic E-state index is 0.150. The Morgan fingerprint density at radius 1 is 1.19 bits per heavy atom. The van der Waals surface area contributed by atoms with Gasteiger partial charge in [-0.25, -0.2) is 0 Å². The molecule has 6 nitrogen and oxygen atoms in total. The molecule has 0 radical (unpaired) electrons. The minimum Gasteiger partial charge on any atom is -0.377 e. The van der Waals surface area contributed by atoms with E-state index in [1.165, 1.54) is 0 Å². The van der Waals surface area contributed by atoms with E-state index in [0.717, 1.165) is 11.1 Å². The first kappa shape index (κ1) is 14.9. The molecule has 0 atom stereocenters. The summed E-state index contributed by atoms with van der Waals surface area (Å²) in [6.07, 6.45) is 0. The molecular weight excluding hydrogens is 268 g/mol. The van der Waals surface area contributed by atoms with Crippen LogP contribution in [0.15, 0.2) is 36.4 Å². The van der Waals surface area contributed by atoms with Crippen molar-refractivity contribution >= 4 is 11.7 Å². The lowest BCUT2D eigenvalue weighted by molar-refractivity contribution is 0.0994. The van der Waals surface area contributed by atoms with Crippen molar-refractivity contribution < 1.29 is 9.53 Å². The summed E-state index contributed by atoms with van der Waals surface area (Å²) in [6.45, 7) is 3.84. The van der Waals surface area contributed by atoms with Crippen molar-refractivity contribution in [3.05, 3.63) is 53.2 Å². The number of primary amides is 1. The van der Waals surface area contributed by atoms with Crippen LogP contribution in [-0.4, -0.2) is 22.7 Å². The fourth-order valence-corrected chi connectivity index (χ4v) is 1.83. The molecule has 0 aliphatic rings. The van der Waals surface area contributed by atoms with Crippen molar-refractivity contribution in [2.45, 2.75) is 20.1 Å². The Bertz CT molecular complexity index is 599. The highest BCUT2D eigenvalue weighted by atomic mass is 16.5. The summed E-state index contributed by atoms with van der Waals surface area (Å²) in [4.78, 5) is 10.9. The van der Waals surface area contributed by atoms with Gasteiger partial charge in [0.2, 0.25) is 0 Å². The maximum absolute atomic E-state index is 10.9. The number of nitrogens with one attached hydrogen (secondary N) is 1. The molecule has 0 bridgehead atoms. The van der Waals surface area contributed by atoms with Crippen LogP contribution in [0.25, 0.3) is 0 Å². The van der Waals surface area contributed by atoms with Gasteiger partial charge >= 0.3 is 0 Å². The summed E-state index contributed by atoms with van der Waals surface area (Å²) in [6, 6.07) is 11.3. The van der Waals surface area contributed by atoms with E-state index in [2.05, 4.69) is 15.5 Å². The second-order valence-corrected chi connectivity index (χ2v) is 4.43. The summed E-state index contributed by atoms with van der Waals surface area (Å²) in [5, 5.41) is 10.8. The standard InChI is InChI=1S/C15H18N4O2/c1-2-21-10-12-6-4-3-5-11(12)9-17-14-8-7-13(15(16)20)18-19-14/h3-8H,2,9-10H2,1H3,(H2,16,20)(H,17,19). The predicted molar refractivity (Wildman–Crippen MR) is 79.6 cm³/mol. The summed E-state index contributed by atoms with van der Waals surface area (Å²) in [5.74, 6) is 0.00215. The van der Waals surface area contributed by atoms with Crippen LogP contribution in [0.1, 0.15) is 28.5 Å². The lowest BCUT2D eigenvalue weighted by atomic mass is 10.1. The van der Waals surface area contributed by atoms with Crippen molar-refractivity contribution in [2.24, 2.45) is 5.73 Å². The molecule has 21 heavy (non-hydrogen) atoms. The molecule has 1 aromatic heterocycles. The quantitative estimate of drug-likeness (QED) is 0.809. The highest BCUT2D eigenvalue weighted by molar-refractivity contribution is 5.90. The van der Waals surface area contributed by atoms with Gasteiger partial charge in [0.15, 0.2) is 5.69 Å². The number of hydrogen-bond donors (Lipinski definition) is 2. The van der Waals surface area contributed by atoms with Gasteiger partial charge in [-0.3, -0.25) is 4.79 Å². The number of amides is 1. The van der Waals surface area contributed by atoms with Gasteiger partial charge in [0, 0.05) is 13.2 Å². The Kier molecular flexibility index (Phi) is 5.22. The van der Waals surface area contributed by atoms with Gasteiger partial charge in [0.05, 0.1) is 6.61 Å². The molecule has 1 aromatic carbocycles. The monoisotopic (exact) mass is 286 g/mol. The Morgan fingerprint density at radius 2 is 1.95 bits per heavy atom. The summed E-state index contributed by atoms with van der Waals surface area (Å²) < 4.78 is 5.45. The number of nitrogens with two attached hydrogens (primary N) is 1. The molecule has 1 heterocycles. The van der Waals surface area contributed by atoms with E-state index in [1.54, 1.807) is 12.1 Å². The molecule has 0 aliphatic heterocycles. The van der Waals surface area contributed by atoms with Crippen LogP contribution in [-0.2, 0) is 17.9 Å². The van der Waals surface area contributed by atoms with E-state index in [-0.39, 0.29) is 5.69 Å². The highest BCUT2D eigenvalue weighted by Gasteiger charge is 2.05. The van der Waals surface area contributed by atoms with Crippen LogP contribution in [0, 0.1) is 0 Å². The number of carbonyl (C=O) groups excluding carboxylic acids is 1. The van der Waals surface area contributed by atoms with E-state index in [0.29, 0.717) is 25.6 Å². The lowest BCUT2D eigenvalue weighted by Crippen LogP contribution is -2.14. The molecule has 0 unspecified atom stereocenters. The molecule has 0 saturated heterocycles. The Labute approximate surface area is 123 Å². The molecule has 0 aliphatic carbocycles. The SMILES string of the molecule is CCOCc1ccccc1CNc1ccc(C(N)=O)nn1. The van der Waals surface area contributed by atoms with Gasteiger partial charge in [-0.2, -0.15) is 0 Å². The molecule has 2 aromatic rings. The Morgan fingerprint density at radius 3 is 2.57 bits per heavy atom. The third kappa shape index (κ3) is 4.25. The predicted octanol–water partition coefficient (Wildman–Crippen LogP) is 1.72. The van der Waals surface area contributed by atoms with Crippen molar-refractivity contribution in [3.8, 4) is 0 Å². The van der Waals surface area contributed by atoms with E-state index in [4.69, 9.17) is 10.5 Å². The molecule has 0 spiro atoms. The van der Waals surface area contributed by atoms with Crippen LogP contribution < -0.4 is 11.1 Å². The first-order valence-electron chi connectivity index (χ1n) is 6.72. The summed E-state index contributed by atoms with van der Waals surface area (Å²) in [5.41, 5.74) is 7.53. The second kappa shape index (κ2) is 7.35. The van der Waals surface area contributed by atoms with Crippen molar-refractivity contribution in [3.63, 3.8) is 0 Å². The maximum atomic E-state index is 10.9. The van der Waals surface area contributed by atoms with Crippen molar-refractivity contribution in [1.29, 1.82) is 0 Å². The molecule has 3 N–H and O–H groups in total. The third-order valence-electron chi connectivity index (χ3n) is 2.96. The fraction of sp³-hybridized carbons (Fsp3) is 0.267. The zero-order valence-electron chi connectivity index (χ0n) is 11.9. The van der Waals surface area contributed by atoms with Crippen molar-refractivity contribution in [2.75, 3.05) is 11.9 Å². The first-order chi connectivity index (χ1) is 10.2. The molecule has 1 amide bonds. The first-order valence-corrected chi connectivity index (χ1v) is 6.72. The maximum Gasteiger partial charge on any atom is 0.269 e. The van der Waals surface area contributed by atoms with Crippen LogP contribution in [0.3, 0.4) is 0 Å². The van der Waals surface area contributed by atoms with Crippen LogP contribution in [0.5, 0.6) is 0 Å². The van der Waals surface area contributed by atoms with Crippen LogP contribution >= 0.6 is 0 Å². The number of benzene rings is 1. The molecule has 110 valence electrons. The number of rotatable bonds is 7. The van der Waals surface area contributed by atoms with E-state index in [9.17, 15) is 4.79 Å². The fourth-order valence-electron chi connectivity index (χ4n) is 1.83. The van der Waals surface area contributed by atoms with Gasteiger partial charge < -0.3 is 15.8 Å². The van der Waals surface area contributed by atoms with Gasteiger partial charge in [0.1, 0.15) is 5.82 Å². The number of carbonyl (C=O) groups is 1. The second-order valence-electron chi connectivity index (χ2n) is 4.43. The number of nitrogens with zero attached hydrogens (tertiary/aromatic N) is 2. The topological polar surface area (TPSA) is 90.1 Å². The summed E-state index contributed by atoms with van der Waals surface area (Å²) in [7, 11) is 0. The van der Waals surface area contributed by atoms with Gasteiger partial charge in [-0.1, -0.05) is 24.3 Å². The van der Waals surface area contributed by atoms with Crippen LogP contribution in [0.4, 0.5) is 5.82 Å². The normalized spacial score (nSPS) is 10.3. The largest absolute Gasteiger partial charge is 0.377 e. The number of ether oxygens (including phenoxy) is 1. The number of anilines is 1. The Balaban J connectivity index is 2.00. The number of aromatic nitrogens is 2. The average molecular weight is 286 g/mol. The zero-order chi connectivity index (χ0) is 15.1. The number of hydrogen-bond acceptors (Lipinski definition) is 5. The molecule has 2 rings (SSSR count). The van der Waals surface area contributed by atoms with E-state index in [1.807, 2.05) is 31.2 Å². The van der Waals surface area contributed by atoms with E-state index >= 15 is 0 Å². The lowest BCUT2D eigenvalue weighted by Gasteiger charge is -2.10. The smallest absolute Gasteiger partial charge is 0.269 e. The van der Waals surface area contributed by atoms with Gasteiger partial charge in [-0.05, 0) is 30.2 Å². The Hall–Kier alpha value is -2.47. The average Bonchev–Trinajstić information content (AvgIpc) is 2.52. The molecule has 6 heteroatoms. The third-order valence-corrected chi connectivity index (χ3v) is 2.96. The zero-order valence-corrected chi connectivity index (χ0v) is 11.9. The van der Waals surface area contributed by atoms with Crippen LogP contribution in [0.2, 0.25) is 0 Å².